The van der Waals surface area contributed by atoms with Crippen LogP contribution in [0.5, 0.6) is 5.75 Å². The first kappa shape index (κ1) is 12.4. The zero-order valence-corrected chi connectivity index (χ0v) is 10.3. The lowest BCUT2D eigenvalue weighted by atomic mass is 10.0. The number of rotatable bonds is 4. The summed E-state index contributed by atoms with van der Waals surface area (Å²) in [6.07, 6.45) is 0.935. The smallest absolute Gasteiger partial charge is 0.146 e. The molecule has 0 aliphatic rings. The summed E-state index contributed by atoms with van der Waals surface area (Å²) in [4.78, 5) is 0. The fourth-order valence-corrected chi connectivity index (χ4v) is 1.74. The monoisotopic (exact) mass is 245 g/mol. The molecule has 0 radical (unpaired) electrons. The van der Waals surface area contributed by atoms with Gasteiger partial charge < -0.3 is 10.5 Å². The van der Waals surface area contributed by atoms with Crippen molar-refractivity contribution in [3.05, 3.63) is 48.3 Å². The van der Waals surface area contributed by atoms with Crippen LogP contribution < -0.4 is 10.5 Å². The predicted molar refractivity (Wildman–Crippen MR) is 72.0 cm³/mol. The van der Waals surface area contributed by atoms with Crippen molar-refractivity contribution in [3.63, 3.8) is 0 Å². The van der Waals surface area contributed by atoms with E-state index in [1.165, 1.54) is 6.07 Å². The lowest BCUT2D eigenvalue weighted by molar-refractivity contribution is 0.318. The third kappa shape index (κ3) is 2.62. The molecule has 2 aromatic carbocycles. The Hall–Kier alpha value is -2.03. The van der Waals surface area contributed by atoms with E-state index in [4.69, 9.17) is 10.5 Å². The summed E-state index contributed by atoms with van der Waals surface area (Å²) < 4.78 is 19.1. The minimum Gasteiger partial charge on any atom is -0.493 e. The van der Waals surface area contributed by atoms with Gasteiger partial charge in [0.2, 0.25) is 0 Å². The molecule has 0 aliphatic carbocycles. The Morgan fingerprint density at radius 3 is 2.67 bits per heavy atom. The molecular formula is C15H16FNO. The maximum atomic E-state index is 13.5. The van der Waals surface area contributed by atoms with E-state index in [9.17, 15) is 4.39 Å². The van der Waals surface area contributed by atoms with Gasteiger partial charge in [-0.3, -0.25) is 0 Å². The molecule has 0 saturated heterocycles. The summed E-state index contributed by atoms with van der Waals surface area (Å²) >= 11 is 0. The van der Waals surface area contributed by atoms with Crippen molar-refractivity contribution in [2.45, 2.75) is 13.3 Å². The molecule has 0 fully saturated rings. The fraction of sp³-hybridized carbons (Fsp3) is 0.200. The van der Waals surface area contributed by atoms with E-state index in [0.29, 0.717) is 6.61 Å². The Labute approximate surface area is 106 Å². The second kappa shape index (κ2) is 5.54. The normalized spacial score (nSPS) is 10.3. The van der Waals surface area contributed by atoms with Gasteiger partial charge in [-0.05, 0) is 30.2 Å². The number of para-hydroxylation sites is 1. The molecule has 0 amide bonds. The molecule has 0 atom stereocenters. The molecule has 0 aromatic heterocycles. The molecule has 2 N–H and O–H groups in total. The first-order valence-electron chi connectivity index (χ1n) is 5.99. The number of nitrogen functional groups attached to an aromatic ring is 1. The van der Waals surface area contributed by atoms with E-state index in [2.05, 4.69) is 0 Å². The highest BCUT2D eigenvalue weighted by atomic mass is 19.1. The van der Waals surface area contributed by atoms with Crippen molar-refractivity contribution < 1.29 is 9.13 Å². The molecule has 0 aliphatic heterocycles. The van der Waals surface area contributed by atoms with Crippen molar-refractivity contribution >= 4 is 5.69 Å². The van der Waals surface area contributed by atoms with Crippen LogP contribution in [-0.4, -0.2) is 6.61 Å². The Balaban J connectivity index is 2.39. The van der Waals surface area contributed by atoms with Crippen LogP contribution in [0.25, 0.3) is 11.1 Å². The van der Waals surface area contributed by atoms with Crippen molar-refractivity contribution in [3.8, 4) is 16.9 Å². The predicted octanol–water partition coefficient (Wildman–Crippen LogP) is 3.86. The molecule has 0 spiro atoms. The van der Waals surface area contributed by atoms with E-state index >= 15 is 0 Å². The van der Waals surface area contributed by atoms with Crippen LogP contribution in [-0.2, 0) is 0 Å². The third-order valence-electron chi connectivity index (χ3n) is 2.66. The molecule has 2 aromatic rings. The first-order valence-corrected chi connectivity index (χ1v) is 5.99. The van der Waals surface area contributed by atoms with Crippen molar-refractivity contribution in [2.24, 2.45) is 0 Å². The number of nitrogens with two attached hydrogens (primary N) is 1. The van der Waals surface area contributed by atoms with E-state index in [1.54, 1.807) is 12.1 Å². The van der Waals surface area contributed by atoms with Crippen LogP contribution in [0.4, 0.5) is 10.1 Å². The molecule has 0 heterocycles. The van der Waals surface area contributed by atoms with Crippen LogP contribution in [0, 0.1) is 5.82 Å². The number of ether oxygens (including phenoxy) is 1. The highest BCUT2D eigenvalue weighted by Gasteiger charge is 2.07. The van der Waals surface area contributed by atoms with Crippen LogP contribution >= 0.6 is 0 Å². The first-order chi connectivity index (χ1) is 8.72. The average molecular weight is 245 g/mol. The van der Waals surface area contributed by atoms with Crippen LogP contribution in [0.1, 0.15) is 13.3 Å². The maximum absolute atomic E-state index is 13.5. The molecule has 0 bridgehead atoms. The lowest BCUT2D eigenvalue weighted by Crippen LogP contribution is -1.97. The minimum atomic E-state index is -0.405. The molecular weight excluding hydrogens is 229 g/mol. The largest absolute Gasteiger partial charge is 0.493 e. The Bertz CT molecular complexity index is 540. The summed E-state index contributed by atoms with van der Waals surface area (Å²) in [5, 5.41) is 0. The maximum Gasteiger partial charge on any atom is 0.146 e. The molecule has 0 unspecified atom stereocenters. The van der Waals surface area contributed by atoms with Gasteiger partial charge in [0.05, 0.1) is 12.3 Å². The SMILES string of the molecule is CCCOc1ccccc1-c1ccc(N)c(F)c1. The lowest BCUT2D eigenvalue weighted by Gasteiger charge is -2.11. The highest BCUT2D eigenvalue weighted by molar-refractivity contribution is 5.71. The van der Waals surface area contributed by atoms with Gasteiger partial charge in [0.25, 0.3) is 0 Å². The number of hydrogen-bond donors (Lipinski definition) is 1. The highest BCUT2D eigenvalue weighted by Crippen LogP contribution is 2.31. The van der Waals surface area contributed by atoms with E-state index in [-0.39, 0.29) is 5.69 Å². The molecule has 18 heavy (non-hydrogen) atoms. The number of benzene rings is 2. The summed E-state index contributed by atoms with van der Waals surface area (Å²) in [6.45, 7) is 2.69. The second-order valence-corrected chi connectivity index (χ2v) is 4.08. The number of anilines is 1. The Morgan fingerprint density at radius 2 is 1.94 bits per heavy atom. The van der Waals surface area contributed by atoms with Crippen molar-refractivity contribution in [1.82, 2.24) is 0 Å². The van der Waals surface area contributed by atoms with Gasteiger partial charge in [-0.15, -0.1) is 0 Å². The standard InChI is InChI=1S/C15H16FNO/c1-2-9-18-15-6-4-3-5-12(15)11-7-8-14(17)13(16)10-11/h3-8,10H,2,9,17H2,1H3. The quantitative estimate of drug-likeness (QED) is 0.830. The van der Waals surface area contributed by atoms with E-state index < -0.39 is 5.82 Å². The molecule has 94 valence electrons. The van der Waals surface area contributed by atoms with Gasteiger partial charge in [0.1, 0.15) is 11.6 Å². The topological polar surface area (TPSA) is 35.2 Å². The van der Waals surface area contributed by atoms with Crippen LogP contribution in [0.2, 0.25) is 0 Å². The molecule has 2 nitrogen and oxygen atoms in total. The zero-order valence-electron chi connectivity index (χ0n) is 10.3. The van der Waals surface area contributed by atoms with Gasteiger partial charge in [-0.1, -0.05) is 31.2 Å². The Kier molecular flexibility index (Phi) is 3.82. The molecule has 0 saturated carbocycles. The average Bonchev–Trinajstić information content (AvgIpc) is 2.40. The minimum absolute atomic E-state index is 0.158. The summed E-state index contributed by atoms with van der Waals surface area (Å²) in [5.41, 5.74) is 7.29. The second-order valence-electron chi connectivity index (χ2n) is 4.08. The van der Waals surface area contributed by atoms with Crippen LogP contribution in [0.15, 0.2) is 42.5 Å². The number of hydrogen-bond acceptors (Lipinski definition) is 2. The molecule has 3 heteroatoms. The van der Waals surface area contributed by atoms with Gasteiger partial charge in [-0.2, -0.15) is 0 Å². The Morgan fingerprint density at radius 1 is 1.17 bits per heavy atom. The van der Waals surface area contributed by atoms with Crippen molar-refractivity contribution in [1.29, 1.82) is 0 Å². The fourth-order valence-electron chi connectivity index (χ4n) is 1.74. The van der Waals surface area contributed by atoms with Gasteiger partial charge in [0, 0.05) is 5.56 Å². The third-order valence-corrected chi connectivity index (χ3v) is 2.66. The van der Waals surface area contributed by atoms with Crippen molar-refractivity contribution in [2.75, 3.05) is 12.3 Å². The summed E-state index contributed by atoms with van der Waals surface area (Å²) in [7, 11) is 0. The molecule has 2 rings (SSSR count). The van der Waals surface area contributed by atoms with Gasteiger partial charge in [0.15, 0.2) is 0 Å². The number of halogens is 1. The summed E-state index contributed by atoms with van der Waals surface area (Å²) in [5.74, 6) is 0.362. The van der Waals surface area contributed by atoms with Gasteiger partial charge in [-0.25, -0.2) is 4.39 Å². The summed E-state index contributed by atoms with van der Waals surface area (Å²) in [6, 6.07) is 12.4. The van der Waals surface area contributed by atoms with Gasteiger partial charge >= 0.3 is 0 Å². The van der Waals surface area contributed by atoms with Crippen LogP contribution in [0.3, 0.4) is 0 Å². The van der Waals surface area contributed by atoms with E-state index in [1.807, 2.05) is 31.2 Å². The zero-order chi connectivity index (χ0) is 13.0. The van der Waals surface area contributed by atoms with E-state index in [0.717, 1.165) is 23.3 Å².